The van der Waals surface area contributed by atoms with Crippen molar-refractivity contribution in [3.63, 3.8) is 0 Å². The predicted octanol–water partition coefficient (Wildman–Crippen LogP) is 16.9. The van der Waals surface area contributed by atoms with Crippen LogP contribution in [-0.4, -0.2) is 26.1 Å². The van der Waals surface area contributed by atoms with Gasteiger partial charge in [-0.25, -0.2) is 0 Å². The minimum Gasteiger partial charge on any atom is -0.485 e. The molecule has 5 nitrogen and oxygen atoms in total. The summed E-state index contributed by atoms with van der Waals surface area (Å²) in [6.07, 6.45) is 50.2. The Bertz CT molecular complexity index is 746. The van der Waals surface area contributed by atoms with E-state index in [9.17, 15) is 9.59 Å². The molecular weight excluding hydrogens is 717 g/mol. The second-order valence-corrected chi connectivity index (χ2v) is 20.2. The molecule has 0 saturated carbocycles. The molecule has 7 heteroatoms. The van der Waals surface area contributed by atoms with Crippen molar-refractivity contribution in [3.05, 3.63) is 0 Å². The summed E-state index contributed by atoms with van der Waals surface area (Å²) in [5.41, 5.74) is 0.444. The molecule has 0 spiro atoms. The van der Waals surface area contributed by atoms with E-state index in [1.54, 1.807) is 0 Å². The van der Waals surface area contributed by atoms with Crippen LogP contribution < -0.4 is 0 Å². The SMILES string of the molecule is CCCCCCCCCCCCCCCCCC(=O)O[Si](C)(CCCCCCCCCC)OC(=O)CCCCCCCCCCCCCCCCC.O=CS. The number of rotatable bonds is 43. The number of unbranched alkanes of at least 4 members (excludes halogenated alkanes) is 35. The highest BCUT2D eigenvalue weighted by molar-refractivity contribution is 7.94. The molecule has 0 aromatic carbocycles. The summed E-state index contributed by atoms with van der Waals surface area (Å²) in [5.74, 6) is -0.300. The fourth-order valence-electron chi connectivity index (χ4n) is 7.57. The minimum atomic E-state index is -2.87. The van der Waals surface area contributed by atoms with Crippen LogP contribution in [0.2, 0.25) is 12.6 Å². The van der Waals surface area contributed by atoms with Crippen LogP contribution in [0.4, 0.5) is 0 Å². The first kappa shape index (κ1) is 56.3. The van der Waals surface area contributed by atoms with E-state index in [0.29, 0.717) is 18.5 Å². The van der Waals surface area contributed by atoms with Crippen LogP contribution in [0.1, 0.15) is 278 Å². The fourth-order valence-corrected chi connectivity index (χ4v) is 9.87. The minimum absolute atomic E-state index is 0.150. The maximum absolute atomic E-state index is 12.9. The van der Waals surface area contributed by atoms with Gasteiger partial charge in [0.25, 0.3) is 11.9 Å². The highest BCUT2D eigenvalue weighted by Gasteiger charge is 2.38. The molecule has 0 rings (SSSR count). The number of carbonyl (C=O) groups is 3. The van der Waals surface area contributed by atoms with E-state index in [1.807, 2.05) is 6.55 Å². The second kappa shape index (κ2) is 47.6. The second-order valence-electron chi connectivity index (χ2n) is 16.8. The van der Waals surface area contributed by atoms with Gasteiger partial charge in [-0.2, -0.15) is 0 Å². The third-order valence-corrected chi connectivity index (χ3v) is 13.7. The monoisotopic (exact) mass is 813 g/mol. The molecule has 0 radical (unpaired) electrons. The Morgan fingerprint density at radius 1 is 0.382 bits per heavy atom. The van der Waals surface area contributed by atoms with Gasteiger partial charge < -0.3 is 8.85 Å². The van der Waals surface area contributed by atoms with E-state index in [2.05, 4.69) is 33.4 Å². The first-order chi connectivity index (χ1) is 26.9. The van der Waals surface area contributed by atoms with E-state index < -0.39 is 8.56 Å². The van der Waals surface area contributed by atoms with Crippen molar-refractivity contribution in [1.29, 1.82) is 0 Å². The predicted molar refractivity (Wildman–Crippen MR) is 246 cm³/mol. The van der Waals surface area contributed by atoms with Gasteiger partial charge in [-0.05, 0) is 19.3 Å². The summed E-state index contributed by atoms with van der Waals surface area (Å²) in [6.45, 7) is 8.79. The topological polar surface area (TPSA) is 69.7 Å². The highest BCUT2D eigenvalue weighted by Crippen LogP contribution is 2.23. The Morgan fingerprint density at radius 2 is 0.564 bits per heavy atom. The molecule has 0 bridgehead atoms. The van der Waals surface area contributed by atoms with E-state index in [4.69, 9.17) is 13.6 Å². The molecule has 0 aliphatic rings. The van der Waals surface area contributed by atoms with Gasteiger partial charge in [-0.3, -0.25) is 14.4 Å². The maximum atomic E-state index is 12.9. The van der Waals surface area contributed by atoms with E-state index >= 15 is 0 Å². The van der Waals surface area contributed by atoms with Crippen LogP contribution in [-0.2, 0) is 23.2 Å². The molecule has 0 aromatic heterocycles. The largest absolute Gasteiger partial charge is 0.485 e. The van der Waals surface area contributed by atoms with Gasteiger partial charge in [0.05, 0.1) is 0 Å². The van der Waals surface area contributed by atoms with Gasteiger partial charge in [0.2, 0.25) is 0 Å². The van der Waals surface area contributed by atoms with Gasteiger partial charge >= 0.3 is 8.56 Å². The summed E-state index contributed by atoms with van der Waals surface area (Å²) in [6, 6.07) is 0.733. The van der Waals surface area contributed by atoms with Crippen LogP contribution in [0.5, 0.6) is 0 Å². The van der Waals surface area contributed by atoms with Crippen LogP contribution in [0, 0.1) is 0 Å². The Labute approximate surface area is 350 Å². The van der Waals surface area contributed by atoms with Gasteiger partial charge in [0.1, 0.15) is 0 Å². The zero-order chi connectivity index (χ0) is 40.8. The van der Waals surface area contributed by atoms with Crippen molar-refractivity contribution >= 4 is 38.7 Å². The Hall–Kier alpha value is -0.823. The molecule has 328 valence electrons. The molecule has 0 unspecified atom stereocenters. The van der Waals surface area contributed by atoms with Gasteiger partial charge in [-0.1, -0.05) is 245 Å². The van der Waals surface area contributed by atoms with E-state index in [-0.39, 0.29) is 11.9 Å². The summed E-state index contributed by atoms with van der Waals surface area (Å²) < 4.78 is 12.1. The first-order valence-corrected chi connectivity index (χ1v) is 27.4. The molecule has 0 amide bonds. The van der Waals surface area contributed by atoms with Crippen molar-refractivity contribution in [2.75, 3.05) is 0 Å². The van der Waals surface area contributed by atoms with Crippen LogP contribution in [0.25, 0.3) is 0 Å². The molecule has 0 N–H and O–H groups in total. The number of thiol groups is 1. The number of hydrogen-bond donors (Lipinski definition) is 1. The van der Waals surface area contributed by atoms with Crippen LogP contribution in [0.15, 0.2) is 0 Å². The molecule has 0 aliphatic heterocycles. The lowest BCUT2D eigenvalue weighted by atomic mass is 10.0. The average molecular weight is 813 g/mol. The van der Waals surface area contributed by atoms with Crippen molar-refractivity contribution in [1.82, 2.24) is 0 Å². The van der Waals surface area contributed by atoms with E-state index in [1.165, 1.54) is 205 Å². The average Bonchev–Trinajstić information content (AvgIpc) is 3.16. The summed E-state index contributed by atoms with van der Waals surface area (Å²) in [7, 11) is -2.87. The quantitative estimate of drug-likeness (QED) is 0.0287. The Kier molecular flexibility index (Phi) is 48.7. The molecule has 0 atom stereocenters. The van der Waals surface area contributed by atoms with Crippen LogP contribution >= 0.6 is 12.6 Å². The molecule has 0 saturated heterocycles. The molecule has 0 aliphatic carbocycles. The molecule has 55 heavy (non-hydrogen) atoms. The third-order valence-electron chi connectivity index (χ3n) is 11.1. The molecule has 0 fully saturated rings. The molecule has 0 aromatic rings. The van der Waals surface area contributed by atoms with Gasteiger partial charge in [0.15, 0.2) is 5.62 Å². The molecule has 0 heterocycles. The lowest BCUT2D eigenvalue weighted by Crippen LogP contribution is -2.42. The highest BCUT2D eigenvalue weighted by atomic mass is 32.1. The standard InChI is InChI=1S/C47H94O4Si.CH2OS/c1-5-8-11-14-17-20-22-24-26-28-30-32-34-37-40-43-46(48)50-52(4,45-42-39-36-19-16-13-10-7-3)51-47(49)44-41-38-35-33-31-29-27-25-23-21-18-15-12-9-6-2;2-1-3/h5-45H2,1-4H3;1H,(H,2,3). The smallest absolute Gasteiger partial charge is 0.461 e. The normalized spacial score (nSPS) is 11.3. The van der Waals surface area contributed by atoms with Crippen molar-refractivity contribution < 1.29 is 23.2 Å². The molecular formula is C48H96O5SSi. The lowest BCUT2D eigenvalue weighted by Gasteiger charge is -2.26. The Morgan fingerprint density at radius 3 is 0.782 bits per heavy atom. The number of hydrogen-bond acceptors (Lipinski definition) is 5. The van der Waals surface area contributed by atoms with Crippen molar-refractivity contribution in [3.8, 4) is 0 Å². The van der Waals surface area contributed by atoms with Crippen LogP contribution in [0.3, 0.4) is 0 Å². The Balaban J connectivity index is 0. The first-order valence-electron chi connectivity index (χ1n) is 24.4. The lowest BCUT2D eigenvalue weighted by molar-refractivity contribution is -0.141. The fraction of sp³-hybridized carbons (Fsp3) is 0.938. The maximum Gasteiger partial charge on any atom is 0.461 e. The number of carbonyl (C=O) groups excluding carboxylic acids is 3. The van der Waals surface area contributed by atoms with Gasteiger partial charge in [-0.15, -0.1) is 12.6 Å². The van der Waals surface area contributed by atoms with Crippen molar-refractivity contribution in [2.45, 2.75) is 290 Å². The summed E-state index contributed by atoms with van der Waals surface area (Å²) >= 11 is 3.11. The third kappa shape index (κ3) is 47.5. The summed E-state index contributed by atoms with van der Waals surface area (Å²) in [5, 5.41) is 0. The zero-order valence-electron chi connectivity index (χ0n) is 37.6. The summed E-state index contributed by atoms with van der Waals surface area (Å²) in [4.78, 5) is 34.5. The van der Waals surface area contributed by atoms with Crippen molar-refractivity contribution in [2.24, 2.45) is 0 Å². The van der Waals surface area contributed by atoms with E-state index in [0.717, 1.165) is 44.6 Å². The van der Waals surface area contributed by atoms with Gasteiger partial charge in [0, 0.05) is 25.4 Å². The zero-order valence-corrected chi connectivity index (χ0v) is 39.5.